The van der Waals surface area contributed by atoms with Crippen molar-refractivity contribution in [1.29, 1.82) is 0 Å². The molecule has 1 aliphatic heterocycles. The van der Waals surface area contributed by atoms with Gasteiger partial charge < -0.3 is 5.32 Å². The summed E-state index contributed by atoms with van der Waals surface area (Å²) in [5.41, 5.74) is 3.07. The van der Waals surface area contributed by atoms with Crippen LogP contribution in [-0.2, 0) is 13.0 Å². The monoisotopic (exact) mass is 260 g/mol. The van der Waals surface area contributed by atoms with Crippen LogP contribution in [0.5, 0.6) is 0 Å². The Bertz CT molecular complexity index is 387. The average molecular weight is 260 g/mol. The van der Waals surface area contributed by atoms with E-state index in [2.05, 4.69) is 55.3 Å². The van der Waals surface area contributed by atoms with Gasteiger partial charge in [-0.1, -0.05) is 45.0 Å². The Kier molecular flexibility index (Phi) is 5.41. The van der Waals surface area contributed by atoms with Crippen molar-refractivity contribution in [3.8, 4) is 0 Å². The molecule has 0 amide bonds. The quantitative estimate of drug-likeness (QED) is 0.791. The predicted octanol–water partition coefficient (Wildman–Crippen LogP) is 3.07. The molecule has 1 atom stereocenters. The van der Waals surface area contributed by atoms with Crippen molar-refractivity contribution in [3.05, 3.63) is 35.4 Å². The number of rotatable bonds is 6. The van der Waals surface area contributed by atoms with Crippen LogP contribution in [0.4, 0.5) is 0 Å². The van der Waals surface area contributed by atoms with Gasteiger partial charge in [-0.25, -0.2) is 0 Å². The lowest BCUT2D eigenvalue weighted by Crippen LogP contribution is -2.47. The van der Waals surface area contributed by atoms with Crippen LogP contribution < -0.4 is 5.32 Å². The minimum Gasteiger partial charge on any atom is -0.315 e. The first-order valence-corrected chi connectivity index (χ1v) is 7.74. The van der Waals surface area contributed by atoms with E-state index in [0.29, 0.717) is 12.0 Å². The summed E-state index contributed by atoms with van der Waals surface area (Å²) >= 11 is 0. The Labute approximate surface area is 118 Å². The summed E-state index contributed by atoms with van der Waals surface area (Å²) in [7, 11) is 0. The van der Waals surface area contributed by atoms with Crippen molar-refractivity contribution in [2.75, 3.05) is 19.6 Å². The predicted molar refractivity (Wildman–Crippen MR) is 82.3 cm³/mol. The third-order valence-corrected chi connectivity index (χ3v) is 4.18. The molecule has 2 nitrogen and oxygen atoms in total. The van der Waals surface area contributed by atoms with E-state index in [0.717, 1.165) is 19.6 Å². The van der Waals surface area contributed by atoms with Crippen LogP contribution in [0.3, 0.4) is 0 Å². The number of hydrogen-bond donors (Lipinski definition) is 1. The molecule has 0 bridgehead atoms. The van der Waals surface area contributed by atoms with Gasteiger partial charge in [-0.2, -0.15) is 0 Å². The van der Waals surface area contributed by atoms with Crippen LogP contribution in [0.2, 0.25) is 0 Å². The molecular formula is C17H28N2. The first kappa shape index (κ1) is 14.5. The van der Waals surface area contributed by atoms with Gasteiger partial charge in [0.15, 0.2) is 0 Å². The first-order chi connectivity index (χ1) is 9.22. The molecule has 1 aromatic rings. The lowest BCUT2D eigenvalue weighted by Gasteiger charge is -2.38. The zero-order valence-electron chi connectivity index (χ0n) is 12.7. The summed E-state index contributed by atoms with van der Waals surface area (Å²) in [5, 5.41) is 3.60. The second-order valence-corrected chi connectivity index (χ2v) is 6.00. The minimum atomic E-state index is 0.653. The summed E-state index contributed by atoms with van der Waals surface area (Å²) in [6.45, 7) is 11.5. The second-order valence-electron chi connectivity index (χ2n) is 6.00. The zero-order chi connectivity index (χ0) is 13.7. The molecule has 0 aromatic heterocycles. The van der Waals surface area contributed by atoms with E-state index >= 15 is 0 Å². The Balaban J connectivity index is 2.00. The molecule has 0 fully saturated rings. The normalized spacial score (nSPS) is 17.5. The summed E-state index contributed by atoms with van der Waals surface area (Å²) in [4.78, 5) is 2.66. The van der Waals surface area contributed by atoms with Crippen LogP contribution in [0.15, 0.2) is 24.3 Å². The fourth-order valence-corrected chi connectivity index (χ4v) is 3.01. The average Bonchev–Trinajstić information content (AvgIpc) is 2.43. The van der Waals surface area contributed by atoms with Crippen LogP contribution in [0, 0.1) is 5.92 Å². The van der Waals surface area contributed by atoms with Gasteiger partial charge in [0.2, 0.25) is 0 Å². The lowest BCUT2D eigenvalue weighted by molar-refractivity contribution is 0.136. The smallest absolute Gasteiger partial charge is 0.0247 e. The van der Waals surface area contributed by atoms with Gasteiger partial charge >= 0.3 is 0 Å². The molecule has 0 spiro atoms. The number of nitrogens with one attached hydrogen (secondary N) is 1. The van der Waals surface area contributed by atoms with E-state index < -0.39 is 0 Å². The molecule has 2 rings (SSSR count). The van der Waals surface area contributed by atoms with Gasteiger partial charge in [0.25, 0.3) is 0 Å². The largest absolute Gasteiger partial charge is 0.315 e. The number of fused-ring (bicyclic) bond motifs is 1. The highest BCUT2D eigenvalue weighted by Crippen LogP contribution is 2.22. The Morgan fingerprint density at radius 3 is 2.63 bits per heavy atom. The van der Waals surface area contributed by atoms with Gasteiger partial charge in [0.05, 0.1) is 0 Å². The third kappa shape index (κ3) is 3.80. The SMILES string of the molecule is CCCNCC(C(C)C)N1CCc2ccccc2C1. The molecular weight excluding hydrogens is 232 g/mol. The molecule has 1 N–H and O–H groups in total. The van der Waals surface area contributed by atoms with Gasteiger partial charge in [-0.3, -0.25) is 4.90 Å². The van der Waals surface area contributed by atoms with Gasteiger partial charge in [-0.15, -0.1) is 0 Å². The molecule has 19 heavy (non-hydrogen) atoms. The fraction of sp³-hybridized carbons (Fsp3) is 0.647. The van der Waals surface area contributed by atoms with Crippen LogP contribution >= 0.6 is 0 Å². The summed E-state index contributed by atoms with van der Waals surface area (Å²) in [6.07, 6.45) is 2.42. The van der Waals surface area contributed by atoms with E-state index in [-0.39, 0.29) is 0 Å². The molecule has 0 aliphatic carbocycles. The second kappa shape index (κ2) is 7.06. The number of hydrogen-bond acceptors (Lipinski definition) is 2. The zero-order valence-corrected chi connectivity index (χ0v) is 12.7. The maximum absolute atomic E-state index is 3.60. The van der Waals surface area contributed by atoms with Crippen molar-refractivity contribution in [2.45, 2.75) is 46.2 Å². The van der Waals surface area contributed by atoms with Crippen molar-refractivity contribution >= 4 is 0 Å². The molecule has 0 radical (unpaired) electrons. The molecule has 106 valence electrons. The van der Waals surface area contributed by atoms with E-state index in [1.54, 1.807) is 5.56 Å². The molecule has 2 heteroatoms. The van der Waals surface area contributed by atoms with Crippen molar-refractivity contribution < 1.29 is 0 Å². The van der Waals surface area contributed by atoms with Crippen LogP contribution in [-0.4, -0.2) is 30.6 Å². The summed E-state index contributed by atoms with van der Waals surface area (Å²) in [5.74, 6) is 0.703. The van der Waals surface area contributed by atoms with E-state index in [9.17, 15) is 0 Å². The first-order valence-electron chi connectivity index (χ1n) is 7.74. The number of benzene rings is 1. The highest BCUT2D eigenvalue weighted by atomic mass is 15.2. The fourth-order valence-electron chi connectivity index (χ4n) is 3.01. The van der Waals surface area contributed by atoms with E-state index in [1.165, 1.54) is 24.9 Å². The lowest BCUT2D eigenvalue weighted by atomic mass is 9.95. The molecule has 0 saturated heterocycles. The van der Waals surface area contributed by atoms with Gasteiger partial charge in [-0.05, 0) is 36.4 Å². The Morgan fingerprint density at radius 2 is 1.95 bits per heavy atom. The maximum atomic E-state index is 3.60. The van der Waals surface area contributed by atoms with Gasteiger partial charge in [0, 0.05) is 25.7 Å². The molecule has 1 heterocycles. The summed E-state index contributed by atoms with van der Waals surface area (Å²) in [6, 6.07) is 9.56. The van der Waals surface area contributed by atoms with Gasteiger partial charge in [0.1, 0.15) is 0 Å². The highest BCUT2D eigenvalue weighted by molar-refractivity contribution is 5.29. The van der Waals surface area contributed by atoms with E-state index in [1.807, 2.05) is 0 Å². The standard InChI is InChI=1S/C17H28N2/c1-4-10-18-12-17(14(2)3)19-11-9-15-7-5-6-8-16(15)13-19/h5-8,14,17-18H,4,9-13H2,1-3H3. The summed E-state index contributed by atoms with van der Waals surface area (Å²) < 4.78 is 0. The third-order valence-electron chi connectivity index (χ3n) is 4.18. The Hall–Kier alpha value is -0.860. The number of nitrogens with zero attached hydrogens (tertiary/aromatic N) is 1. The highest BCUT2D eigenvalue weighted by Gasteiger charge is 2.25. The molecule has 1 aliphatic rings. The van der Waals surface area contributed by atoms with E-state index in [4.69, 9.17) is 0 Å². The Morgan fingerprint density at radius 1 is 1.21 bits per heavy atom. The minimum absolute atomic E-state index is 0.653. The molecule has 0 saturated carbocycles. The van der Waals surface area contributed by atoms with Crippen LogP contribution in [0.25, 0.3) is 0 Å². The molecule has 1 unspecified atom stereocenters. The van der Waals surface area contributed by atoms with Crippen molar-refractivity contribution in [3.63, 3.8) is 0 Å². The van der Waals surface area contributed by atoms with Crippen LogP contribution in [0.1, 0.15) is 38.3 Å². The van der Waals surface area contributed by atoms with Crippen molar-refractivity contribution in [1.82, 2.24) is 10.2 Å². The van der Waals surface area contributed by atoms with Crippen molar-refractivity contribution in [2.24, 2.45) is 5.92 Å². The molecule has 1 aromatic carbocycles. The topological polar surface area (TPSA) is 15.3 Å². The maximum Gasteiger partial charge on any atom is 0.0247 e.